The highest BCUT2D eigenvalue weighted by atomic mass is 32.2. The second-order valence-electron chi connectivity index (χ2n) is 7.64. The Bertz CT molecular complexity index is 907. The van der Waals surface area contributed by atoms with E-state index in [1.807, 2.05) is 12.1 Å². The fourth-order valence-electron chi connectivity index (χ4n) is 3.41. The molecule has 2 fully saturated rings. The molecule has 4 rings (SSSR count). The summed E-state index contributed by atoms with van der Waals surface area (Å²) in [5.41, 5.74) is 0.424. The van der Waals surface area contributed by atoms with Crippen molar-refractivity contribution in [3.8, 4) is 0 Å². The van der Waals surface area contributed by atoms with Gasteiger partial charge in [-0.15, -0.1) is 10.2 Å². The summed E-state index contributed by atoms with van der Waals surface area (Å²) in [5.74, 6) is 0.391. The first-order chi connectivity index (χ1) is 14.6. The van der Waals surface area contributed by atoms with Gasteiger partial charge in [-0.3, -0.25) is 9.59 Å². The van der Waals surface area contributed by atoms with Crippen molar-refractivity contribution in [1.82, 2.24) is 15.5 Å². The van der Waals surface area contributed by atoms with Crippen LogP contribution < -0.4 is 15.5 Å². The van der Waals surface area contributed by atoms with Gasteiger partial charge in [0, 0.05) is 24.8 Å². The number of anilines is 2. The van der Waals surface area contributed by atoms with Gasteiger partial charge < -0.3 is 15.5 Å². The molecule has 2 amide bonds. The Morgan fingerprint density at radius 3 is 2.77 bits per heavy atom. The largest absolute Gasteiger partial charge is 0.354 e. The average molecular weight is 430 g/mol. The highest BCUT2D eigenvalue weighted by molar-refractivity contribution is 7.99. The van der Waals surface area contributed by atoms with E-state index in [4.69, 9.17) is 0 Å². The van der Waals surface area contributed by atoms with E-state index in [2.05, 4.69) is 25.7 Å². The second-order valence-corrected chi connectivity index (χ2v) is 8.64. The Kier molecular flexibility index (Phi) is 6.47. The number of amides is 2. The number of carbonyl (C=O) groups is 2. The van der Waals surface area contributed by atoms with Crippen LogP contribution in [0.1, 0.15) is 25.7 Å². The van der Waals surface area contributed by atoms with Crippen molar-refractivity contribution in [3.05, 3.63) is 42.2 Å². The summed E-state index contributed by atoms with van der Waals surface area (Å²) >= 11 is 1.26. The third-order valence-electron chi connectivity index (χ3n) is 5.13. The molecular weight excluding hydrogens is 405 g/mol. The van der Waals surface area contributed by atoms with Crippen molar-refractivity contribution in [2.75, 3.05) is 29.1 Å². The van der Waals surface area contributed by atoms with Crippen LogP contribution in [-0.4, -0.2) is 46.9 Å². The van der Waals surface area contributed by atoms with Crippen molar-refractivity contribution in [2.24, 2.45) is 5.92 Å². The molecule has 0 radical (unpaired) electrons. The normalized spacial score (nSPS) is 18.7. The number of halogens is 1. The third-order valence-corrected chi connectivity index (χ3v) is 6.05. The van der Waals surface area contributed by atoms with Crippen LogP contribution in [0.5, 0.6) is 0 Å². The molecule has 0 unspecified atom stereocenters. The van der Waals surface area contributed by atoms with Crippen LogP contribution in [0.25, 0.3) is 0 Å². The van der Waals surface area contributed by atoms with Crippen LogP contribution in [0.3, 0.4) is 0 Å². The van der Waals surface area contributed by atoms with Crippen LogP contribution in [0.15, 0.2) is 41.4 Å². The first kappa shape index (κ1) is 20.6. The van der Waals surface area contributed by atoms with E-state index in [-0.39, 0.29) is 23.5 Å². The smallest absolute Gasteiger partial charge is 0.234 e. The predicted octanol–water partition coefficient (Wildman–Crippen LogP) is 2.84. The highest BCUT2D eigenvalue weighted by Gasteiger charge is 2.30. The quantitative estimate of drug-likeness (QED) is 0.658. The third kappa shape index (κ3) is 5.69. The van der Waals surface area contributed by atoms with Crippen LogP contribution in [0, 0.1) is 11.7 Å². The lowest BCUT2D eigenvalue weighted by molar-refractivity contribution is -0.125. The minimum Gasteiger partial charge on any atom is -0.354 e. The van der Waals surface area contributed by atoms with Crippen molar-refractivity contribution in [2.45, 2.75) is 36.8 Å². The standard InChI is InChI=1S/C21H24FN5O2S/c22-15-4-1-5-17(11-15)23-19(28)13-30-20-9-8-18(25-26-20)27-10-2-3-14(12-27)21(29)24-16-6-7-16/h1,4-5,8-9,11,14,16H,2-3,6-7,10,12-13H2,(H,23,28)(H,24,29)/t14-/m0/s1. The van der Waals surface area contributed by atoms with Gasteiger partial charge in [0.1, 0.15) is 10.8 Å². The lowest BCUT2D eigenvalue weighted by Crippen LogP contribution is -2.44. The fourth-order valence-corrected chi connectivity index (χ4v) is 4.02. The van der Waals surface area contributed by atoms with Crippen LogP contribution in [0.4, 0.5) is 15.9 Å². The van der Waals surface area contributed by atoms with Crippen molar-refractivity contribution in [3.63, 3.8) is 0 Å². The molecule has 2 aliphatic rings. The SMILES string of the molecule is O=C(CSc1ccc(N2CCC[C@H](C(=O)NC3CC3)C2)nn1)Nc1cccc(F)c1. The highest BCUT2D eigenvalue weighted by Crippen LogP contribution is 2.25. The minimum atomic E-state index is -0.396. The van der Waals surface area contributed by atoms with Gasteiger partial charge in [-0.05, 0) is 56.0 Å². The monoisotopic (exact) mass is 429 g/mol. The summed E-state index contributed by atoms with van der Waals surface area (Å²) < 4.78 is 13.2. The molecule has 1 aliphatic heterocycles. The molecule has 1 aromatic carbocycles. The molecule has 2 heterocycles. The number of piperidine rings is 1. The van der Waals surface area contributed by atoms with Crippen molar-refractivity contribution in [1.29, 1.82) is 0 Å². The molecule has 1 saturated carbocycles. The number of hydrogen-bond donors (Lipinski definition) is 2. The van der Waals surface area contributed by atoms with E-state index in [9.17, 15) is 14.0 Å². The van der Waals surface area contributed by atoms with E-state index in [1.165, 1.54) is 23.9 Å². The van der Waals surface area contributed by atoms with E-state index in [1.54, 1.807) is 12.1 Å². The number of aromatic nitrogens is 2. The first-order valence-electron chi connectivity index (χ1n) is 10.1. The van der Waals surface area contributed by atoms with Gasteiger partial charge in [0.05, 0.1) is 11.7 Å². The van der Waals surface area contributed by atoms with Gasteiger partial charge in [0.25, 0.3) is 0 Å². The molecule has 2 aromatic rings. The maximum Gasteiger partial charge on any atom is 0.234 e. The zero-order chi connectivity index (χ0) is 20.9. The summed E-state index contributed by atoms with van der Waals surface area (Å²) in [7, 11) is 0. The van der Waals surface area contributed by atoms with E-state index in [0.717, 1.165) is 38.0 Å². The number of thioether (sulfide) groups is 1. The number of rotatable bonds is 7. The Hall–Kier alpha value is -2.68. The van der Waals surface area contributed by atoms with Gasteiger partial charge in [0.15, 0.2) is 5.82 Å². The van der Waals surface area contributed by atoms with Gasteiger partial charge in [0.2, 0.25) is 11.8 Å². The Labute approximate surface area is 178 Å². The Morgan fingerprint density at radius 1 is 1.17 bits per heavy atom. The molecule has 1 aliphatic carbocycles. The average Bonchev–Trinajstić information content (AvgIpc) is 3.57. The zero-order valence-electron chi connectivity index (χ0n) is 16.5. The molecule has 30 heavy (non-hydrogen) atoms. The van der Waals surface area contributed by atoms with E-state index in [0.29, 0.717) is 23.3 Å². The number of carbonyl (C=O) groups excluding carboxylic acids is 2. The maximum absolute atomic E-state index is 13.2. The Morgan fingerprint density at radius 2 is 2.03 bits per heavy atom. The fraction of sp³-hybridized carbons (Fsp3) is 0.429. The van der Waals surface area contributed by atoms with E-state index >= 15 is 0 Å². The summed E-state index contributed by atoms with van der Waals surface area (Å²) in [4.78, 5) is 26.5. The van der Waals surface area contributed by atoms with Crippen LogP contribution in [0.2, 0.25) is 0 Å². The maximum atomic E-state index is 13.2. The minimum absolute atomic E-state index is 0.0123. The molecular formula is C21H24FN5O2S. The lowest BCUT2D eigenvalue weighted by atomic mass is 9.97. The predicted molar refractivity (Wildman–Crippen MR) is 114 cm³/mol. The number of hydrogen-bond acceptors (Lipinski definition) is 6. The number of nitrogens with zero attached hydrogens (tertiary/aromatic N) is 3. The Balaban J connectivity index is 1.27. The molecule has 7 nitrogen and oxygen atoms in total. The molecule has 1 saturated heterocycles. The molecule has 0 spiro atoms. The summed E-state index contributed by atoms with van der Waals surface area (Å²) in [5, 5.41) is 14.9. The van der Waals surface area contributed by atoms with Gasteiger partial charge in [-0.1, -0.05) is 17.8 Å². The van der Waals surface area contributed by atoms with Crippen LogP contribution in [-0.2, 0) is 9.59 Å². The van der Waals surface area contributed by atoms with Gasteiger partial charge in [-0.2, -0.15) is 0 Å². The van der Waals surface area contributed by atoms with Gasteiger partial charge in [-0.25, -0.2) is 4.39 Å². The van der Waals surface area contributed by atoms with Crippen molar-refractivity contribution >= 4 is 35.1 Å². The molecule has 0 bridgehead atoms. The zero-order valence-corrected chi connectivity index (χ0v) is 17.3. The summed E-state index contributed by atoms with van der Waals surface area (Å²) in [6, 6.07) is 9.86. The molecule has 158 valence electrons. The molecule has 9 heteroatoms. The van der Waals surface area contributed by atoms with Gasteiger partial charge >= 0.3 is 0 Å². The molecule has 1 aromatic heterocycles. The number of benzene rings is 1. The first-order valence-corrected chi connectivity index (χ1v) is 11.1. The van der Waals surface area contributed by atoms with Crippen LogP contribution >= 0.6 is 11.8 Å². The van der Waals surface area contributed by atoms with E-state index < -0.39 is 5.82 Å². The van der Waals surface area contributed by atoms with Crippen molar-refractivity contribution < 1.29 is 14.0 Å². The summed E-state index contributed by atoms with van der Waals surface area (Å²) in [6.45, 7) is 1.50. The molecule has 1 atom stereocenters. The summed E-state index contributed by atoms with van der Waals surface area (Å²) in [6.07, 6.45) is 4.03. The number of nitrogens with one attached hydrogen (secondary N) is 2. The second kappa shape index (κ2) is 9.42. The molecule has 2 N–H and O–H groups in total. The lowest BCUT2D eigenvalue weighted by Gasteiger charge is -2.32. The topological polar surface area (TPSA) is 87.2 Å².